The van der Waals surface area contributed by atoms with Gasteiger partial charge in [-0.1, -0.05) is 6.07 Å². The molecule has 0 saturated heterocycles. The summed E-state index contributed by atoms with van der Waals surface area (Å²) in [6.45, 7) is -2.95. The number of rotatable bonds is 6. The lowest BCUT2D eigenvalue weighted by atomic mass is 10.2. The van der Waals surface area contributed by atoms with Crippen LogP contribution in [0.5, 0.6) is 11.5 Å². The van der Waals surface area contributed by atoms with Gasteiger partial charge in [0, 0.05) is 5.69 Å². The number of ether oxygens (including phenoxy) is 2. The molecule has 0 aliphatic rings. The zero-order valence-electron chi connectivity index (χ0n) is 16.4. The van der Waals surface area contributed by atoms with Crippen molar-refractivity contribution in [3.8, 4) is 22.9 Å². The van der Waals surface area contributed by atoms with Crippen LogP contribution >= 0.6 is 0 Å². The smallest absolute Gasteiger partial charge is 0.435 e. The predicted octanol–water partition coefficient (Wildman–Crippen LogP) is 5.77. The minimum absolute atomic E-state index is 0.0262. The monoisotopic (exact) mass is 450 g/mol. The summed E-state index contributed by atoms with van der Waals surface area (Å²) in [6, 6.07) is 13.1. The summed E-state index contributed by atoms with van der Waals surface area (Å²) in [4.78, 5) is 8.03. The first kappa shape index (κ1) is 21.3. The number of aromatic nitrogens is 3. The van der Waals surface area contributed by atoms with Crippen LogP contribution in [0.2, 0.25) is 0 Å². The van der Waals surface area contributed by atoms with Gasteiger partial charge in [-0.3, -0.25) is 4.40 Å². The Bertz CT molecular complexity index is 1240. The van der Waals surface area contributed by atoms with Gasteiger partial charge in [-0.05, 0) is 48.5 Å². The number of methoxy groups -OCH3 is 1. The summed E-state index contributed by atoms with van der Waals surface area (Å²) < 4.78 is 76.4. The second-order valence-electron chi connectivity index (χ2n) is 6.54. The summed E-state index contributed by atoms with van der Waals surface area (Å²) in [7, 11) is 1.41. The third kappa shape index (κ3) is 4.41. The highest BCUT2D eigenvalue weighted by atomic mass is 19.4. The minimum atomic E-state index is -4.71. The van der Waals surface area contributed by atoms with Crippen LogP contribution in [0.15, 0.2) is 60.8 Å². The molecule has 3 heterocycles. The number of hydrogen-bond acceptors (Lipinski definition) is 5. The van der Waals surface area contributed by atoms with Crippen molar-refractivity contribution in [1.29, 1.82) is 0 Å². The van der Waals surface area contributed by atoms with Crippen LogP contribution in [0.4, 0.5) is 33.5 Å². The molecule has 1 N–H and O–H groups in total. The topological polar surface area (TPSA) is 60.7 Å². The van der Waals surface area contributed by atoms with Gasteiger partial charge in [0.15, 0.2) is 5.69 Å². The molecule has 0 aliphatic heterocycles. The number of fused-ring (bicyclic) bond motifs is 1. The molecule has 0 amide bonds. The number of pyridine rings is 2. The molecule has 0 atom stereocenters. The molecule has 0 fully saturated rings. The summed E-state index contributed by atoms with van der Waals surface area (Å²) in [5.74, 6) is 0.572. The molecule has 0 bridgehead atoms. The Kier molecular flexibility index (Phi) is 5.56. The number of benzene rings is 1. The molecule has 0 unspecified atom stereocenters. The number of halogens is 5. The molecule has 4 rings (SSSR count). The Morgan fingerprint density at radius 1 is 0.938 bits per heavy atom. The lowest BCUT2D eigenvalue weighted by Crippen LogP contribution is -2.08. The van der Waals surface area contributed by atoms with Gasteiger partial charge in [-0.15, -0.1) is 0 Å². The Morgan fingerprint density at radius 3 is 2.31 bits per heavy atom. The molecule has 166 valence electrons. The molecule has 32 heavy (non-hydrogen) atoms. The minimum Gasteiger partial charge on any atom is -0.495 e. The molecular formula is C21H15F5N4O2. The number of nitrogens with one attached hydrogen (secondary N) is 1. The van der Waals surface area contributed by atoms with Gasteiger partial charge in [-0.2, -0.15) is 22.0 Å². The van der Waals surface area contributed by atoms with Gasteiger partial charge < -0.3 is 14.8 Å². The Labute approximate surface area is 178 Å². The number of nitrogens with zero attached hydrogens (tertiary/aromatic N) is 3. The van der Waals surface area contributed by atoms with Crippen LogP contribution in [-0.2, 0) is 6.18 Å². The van der Waals surface area contributed by atoms with E-state index in [1.165, 1.54) is 60.2 Å². The lowest BCUT2D eigenvalue weighted by Gasteiger charge is -2.11. The van der Waals surface area contributed by atoms with Crippen molar-refractivity contribution in [1.82, 2.24) is 14.4 Å². The molecule has 4 aromatic rings. The van der Waals surface area contributed by atoms with E-state index in [-0.39, 0.29) is 28.6 Å². The highest BCUT2D eigenvalue weighted by molar-refractivity contribution is 5.68. The molecule has 1 aromatic carbocycles. The molecule has 11 heteroatoms. The SMILES string of the molecule is COc1ccc2nc(C(F)(F)F)c(-c3cccc(Nc4ccc(OC(F)F)cc4)n3)n2c1. The third-order valence-corrected chi connectivity index (χ3v) is 4.44. The maximum atomic E-state index is 13.7. The van der Waals surface area contributed by atoms with E-state index in [1.807, 2.05) is 0 Å². The van der Waals surface area contributed by atoms with Gasteiger partial charge in [0.1, 0.15) is 28.7 Å². The maximum Gasteiger partial charge on any atom is 0.435 e. The fourth-order valence-corrected chi connectivity index (χ4v) is 3.09. The van der Waals surface area contributed by atoms with E-state index in [4.69, 9.17) is 4.74 Å². The molecule has 6 nitrogen and oxygen atoms in total. The summed E-state index contributed by atoms with van der Waals surface area (Å²) in [6.07, 6.45) is -3.31. The van der Waals surface area contributed by atoms with E-state index in [0.29, 0.717) is 11.4 Å². The average molecular weight is 450 g/mol. The Morgan fingerprint density at radius 2 is 1.66 bits per heavy atom. The van der Waals surface area contributed by atoms with Crippen molar-refractivity contribution in [2.24, 2.45) is 0 Å². The van der Waals surface area contributed by atoms with Crippen molar-refractivity contribution >= 4 is 17.2 Å². The van der Waals surface area contributed by atoms with Crippen molar-refractivity contribution in [3.63, 3.8) is 0 Å². The van der Waals surface area contributed by atoms with Crippen LogP contribution in [0.25, 0.3) is 17.0 Å². The second-order valence-corrected chi connectivity index (χ2v) is 6.54. The first-order valence-corrected chi connectivity index (χ1v) is 9.17. The zero-order valence-corrected chi connectivity index (χ0v) is 16.4. The molecule has 0 spiro atoms. The first-order valence-electron chi connectivity index (χ1n) is 9.17. The zero-order chi connectivity index (χ0) is 22.9. The largest absolute Gasteiger partial charge is 0.495 e. The van der Waals surface area contributed by atoms with Crippen molar-refractivity contribution in [3.05, 3.63) is 66.5 Å². The standard InChI is InChI=1S/C21H15F5N4O2/c1-31-14-9-10-17-29-19(21(24,25)26)18(30(17)11-14)15-3-2-4-16(28-15)27-12-5-7-13(8-6-12)32-20(22)23/h2-11,20H,1H3,(H,27,28). The number of hydrogen-bond donors (Lipinski definition) is 1. The van der Waals surface area contributed by atoms with Crippen LogP contribution in [0.3, 0.4) is 0 Å². The third-order valence-electron chi connectivity index (χ3n) is 4.44. The summed E-state index contributed by atoms with van der Waals surface area (Å²) >= 11 is 0. The maximum absolute atomic E-state index is 13.7. The Hall–Kier alpha value is -3.89. The van der Waals surface area contributed by atoms with Gasteiger partial charge >= 0.3 is 12.8 Å². The highest BCUT2D eigenvalue weighted by Gasteiger charge is 2.38. The van der Waals surface area contributed by atoms with Gasteiger partial charge in [0.05, 0.1) is 19.0 Å². The van der Waals surface area contributed by atoms with Crippen LogP contribution < -0.4 is 14.8 Å². The van der Waals surface area contributed by atoms with Crippen molar-refractivity contribution in [2.45, 2.75) is 12.8 Å². The lowest BCUT2D eigenvalue weighted by molar-refractivity contribution is -0.140. The molecule has 0 saturated carbocycles. The normalized spacial score (nSPS) is 11.7. The number of anilines is 2. The van der Waals surface area contributed by atoms with E-state index >= 15 is 0 Å². The first-order chi connectivity index (χ1) is 15.2. The summed E-state index contributed by atoms with van der Waals surface area (Å²) in [5.41, 5.74) is -0.726. The van der Waals surface area contributed by atoms with Gasteiger partial charge in [-0.25, -0.2) is 9.97 Å². The van der Waals surface area contributed by atoms with E-state index in [0.717, 1.165) is 0 Å². The predicted molar refractivity (Wildman–Crippen MR) is 106 cm³/mol. The fraction of sp³-hybridized carbons (Fsp3) is 0.143. The van der Waals surface area contributed by atoms with Crippen LogP contribution in [0.1, 0.15) is 5.69 Å². The van der Waals surface area contributed by atoms with E-state index in [2.05, 4.69) is 20.0 Å². The highest BCUT2D eigenvalue weighted by Crippen LogP contribution is 2.37. The average Bonchev–Trinajstić information content (AvgIpc) is 3.14. The van der Waals surface area contributed by atoms with Crippen LogP contribution in [-0.4, -0.2) is 28.1 Å². The van der Waals surface area contributed by atoms with E-state index < -0.39 is 18.5 Å². The Balaban J connectivity index is 1.73. The number of imidazole rings is 1. The van der Waals surface area contributed by atoms with E-state index in [1.54, 1.807) is 12.1 Å². The summed E-state index contributed by atoms with van der Waals surface area (Å²) in [5, 5.41) is 2.93. The van der Waals surface area contributed by atoms with Crippen LogP contribution in [0, 0.1) is 0 Å². The molecular weight excluding hydrogens is 435 g/mol. The van der Waals surface area contributed by atoms with Gasteiger partial charge in [0.25, 0.3) is 0 Å². The van der Waals surface area contributed by atoms with Crippen molar-refractivity contribution in [2.75, 3.05) is 12.4 Å². The molecule has 0 radical (unpaired) electrons. The second kappa shape index (κ2) is 8.33. The quantitative estimate of drug-likeness (QED) is 0.378. The fourth-order valence-electron chi connectivity index (χ4n) is 3.09. The molecule has 3 aromatic heterocycles. The molecule has 0 aliphatic carbocycles. The number of alkyl halides is 5. The van der Waals surface area contributed by atoms with Gasteiger partial charge in [0.2, 0.25) is 0 Å². The van der Waals surface area contributed by atoms with E-state index in [9.17, 15) is 22.0 Å². The van der Waals surface area contributed by atoms with Crippen molar-refractivity contribution < 1.29 is 31.4 Å².